The van der Waals surface area contributed by atoms with E-state index in [1.54, 1.807) is 6.92 Å². The van der Waals surface area contributed by atoms with Gasteiger partial charge in [-0.3, -0.25) is 0 Å². The second kappa shape index (κ2) is 8.01. The molecule has 1 aromatic heterocycles. The third-order valence-electron chi connectivity index (χ3n) is 3.87. The normalized spacial score (nSPS) is 15.0. The maximum absolute atomic E-state index is 13.6. The van der Waals surface area contributed by atoms with E-state index >= 15 is 0 Å². The van der Waals surface area contributed by atoms with Crippen molar-refractivity contribution in [3.05, 3.63) is 5.82 Å². The standard InChI is InChI=1S/C13H13F13N4/c1-2-3-4-7-27-29-30(28-7)6-5-8(14,15)9(16,17)10(18,19)11(20,21)12(22,23)13(24,25)26/h2-6H2,1H3. The fraction of sp³-hybridized carbons (Fsp3) is 0.923. The van der Waals surface area contributed by atoms with Gasteiger partial charge in [0.05, 0.1) is 6.54 Å². The van der Waals surface area contributed by atoms with E-state index in [1.807, 2.05) is 0 Å². The number of halogens is 13. The molecule has 0 unspecified atom stereocenters. The van der Waals surface area contributed by atoms with Gasteiger partial charge in [0.15, 0.2) is 5.82 Å². The van der Waals surface area contributed by atoms with E-state index in [0.29, 0.717) is 12.8 Å². The van der Waals surface area contributed by atoms with Crippen LogP contribution in [0.25, 0.3) is 0 Å². The second-order valence-electron chi connectivity index (χ2n) is 6.15. The maximum Gasteiger partial charge on any atom is 0.460 e. The minimum atomic E-state index is -7.90. The zero-order chi connectivity index (χ0) is 23.8. The fourth-order valence-electron chi connectivity index (χ4n) is 2.01. The highest BCUT2D eigenvalue weighted by Gasteiger charge is 2.90. The lowest BCUT2D eigenvalue weighted by Crippen LogP contribution is -2.70. The van der Waals surface area contributed by atoms with Gasteiger partial charge in [-0.05, 0) is 11.6 Å². The van der Waals surface area contributed by atoms with Crippen LogP contribution in [0.4, 0.5) is 57.1 Å². The van der Waals surface area contributed by atoms with Crippen molar-refractivity contribution in [2.24, 2.45) is 0 Å². The molecule has 1 aromatic rings. The first kappa shape index (κ1) is 26.2. The van der Waals surface area contributed by atoms with Crippen molar-refractivity contribution in [2.75, 3.05) is 0 Å². The first-order valence-electron chi connectivity index (χ1n) is 7.98. The molecule has 0 N–H and O–H groups in total. The zero-order valence-electron chi connectivity index (χ0n) is 14.7. The number of unbranched alkanes of at least 4 members (excludes halogenated alkanes) is 1. The lowest BCUT2D eigenvalue weighted by atomic mass is 9.92. The Labute approximate surface area is 159 Å². The van der Waals surface area contributed by atoms with Crippen molar-refractivity contribution < 1.29 is 57.1 Å². The molecule has 0 aliphatic heterocycles. The Bertz CT molecular complexity index is 710. The van der Waals surface area contributed by atoms with Crippen molar-refractivity contribution in [3.63, 3.8) is 0 Å². The third-order valence-corrected chi connectivity index (χ3v) is 3.87. The minimum absolute atomic E-state index is 0.0476. The van der Waals surface area contributed by atoms with Gasteiger partial charge in [-0.1, -0.05) is 13.3 Å². The molecule has 0 saturated carbocycles. The number of aryl methyl sites for hydroxylation is 2. The summed E-state index contributed by atoms with van der Waals surface area (Å²) in [5.74, 6) is -36.9. The number of aromatic nitrogens is 4. The van der Waals surface area contributed by atoms with Crippen molar-refractivity contribution >= 4 is 0 Å². The van der Waals surface area contributed by atoms with Gasteiger partial charge < -0.3 is 0 Å². The molecule has 0 fully saturated rings. The molecule has 0 saturated heterocycles. The van der Waals surface area contributed by atoms with Gasteiger partial charge in [-0.2, -0.15) is 61.9 Å². The summed E-state index contributed by atoms with van der Waals surface area (Å²) in [4.78, 5) is 0.232. The molecule has 1 rings (SSSR count). The van der Waals surface area contributed by atoms with Crippen LogP contribution in [0.15, 0.2) is 0 Å². The van der Waals surface area contributed by atoms with Crippen LogP contribution in [0.2, 0.25) is 0 Å². The second-order valence-corrected chi connectivity index (χ2v) is 6.15. The summed E-state index contributed by atoms with van der Waals surface area (Å²) < 4.78 is 169. The summed E-state index contributed by atoms with van der Waals surface area (Å²) in [6.45, 7) is 0.352. The molecular weight excluding hydrogens is 459 g/mol. The highest BCUT2D eigenvalue weighted by molar-refractivity contribution is 5.10. The molecule has 30 heavy (non-hydrogen) atoms. The van der Waals surface area contributed by atoms with Crippen molar-refractivity contribution in [3.8, 4) is 0 Å². The Balaban J connectivity index is 3.12. The Morgan fingerprint density at radius 3 is 1.70 bits per heavy atom. The summed E-state index contributed by atoms with van der Waals surface area (Å²) >= 11 is 0. The number of rotatable bonds is 10. The van der Waals surface area contributed by atoms with E-state index in [0.717, 1.165) is 0 Å². The van der Waals surface area contributed by atoms with Gasteiger partial charge in [0.1, 0.15) is 0 Å². The molecule has 1 heterocycles. The third kappa shape index (κ3) is 4.29. The highest BCUT2D eigenvalue weighted by Crippen LogP contribution is 2.60. The van der Waals surface area contributed by atoms with E-state index in [1.165, 1.54) is 0 Å². The van der Waals surface area contributed by atoms with Gasteiger partial charge in [-0.25, -0.2) is 0 Å². The SMILES string of the molecule is CCCCc1nnn(CCC(F)(F)C(F)(F)C(F)(F)C(F)(F)C(F)(F)C(F)(F)F)n1. The van der Waals surface area contributed by atoms with Crippen LogP contribution in [0.1, 0.15) is 32.0 Å². The van der Waals surface area contributed by atoms with E-state index in [2.05, 4.69) is 15.4 Å². The van der Waals surface area contributed by atoms with Crippen LogP contribution < -0.4 is 0 Å². The molecule has 0 spiro atoms. The molecular formula is C13H13F13N4. The Hall–Kier alpha value is -1.84. The predicted molar refractivity (Wildman–Crippen MR) is 71.8 cm³/mol. The maximum atomic E-state index is 13.6. The molecule has 0 radical (unpaired) electrons. The average Bonchev–Trinajstić information content (AvgIpc) is 3.04. The quantitative estimate of drug-likeness (QED) is 0.443. The zero-order valence-corrected chi connectivity index (χ0v) is 14.7. The molecule has 0 amide bonds. The van der Waals surface area contributed by atoms with Crippen LogP contribution in [0.5, 0.6) is 0 Å². The van der Waals surface area contributed by atoms with Crippen molar-refractivity contribution in [1.29, 1.82) is 0 Å². The van der Waals surface area contributed by atoms with E-state index < -0.39 is 48.8 Å². The molecule has 0 aliphatic carbocycles. The van der Waals surface area contributed by atoms with Crippen LogP contribution in [-0.2, 0) is 13.0 Å². The molecule has 0 aliphatic rings. The lowest BCUT2D eigenvalue weighted by Gasteiger charge is -2.39. The molecule has 0 atom stereocenters. The number of alkyl halides is 13. The Kier molecular flexibility index (Phi) is 7.00. The first-order valence-corrected chi connectivity index (χ1v) is 7.98. The first-order chi connectivity index (χ1) is 13.3. The summed E-state index contributed by atoms with van der Waals surface area (Å²) in [5.41, 5.74) is 0. The van der Waals surface area contributed by atoms with Gasteiger partial charge in [0.25, 0.3) is 0 Å². The Morgan fingerprint density at radius 2 is 1.23 bits per heavy atom. The summed E-state index contributed by atoms with van der Waals surface area (Å²) in [5, 5.41) is 9.88. The van der Waals surface area contributed by atoms with Crippen molar-refractivity contribution in [1.82, 2.24) is 20.2 Å². The van der Waals surface area contributed by atoms with Crippen LogP contribution in [0.3, 0.4) is 0 Å². The molecule has 17 heteroatoms. The highest BCUT2D eigenvalue weighted by atomic mass is 19.4. The van der Waals surface area contributed by atoms with E-state index in [4.69, 9.17) is 0 Å². The molecule has 4 nitrogen and oxygen atoms in total. The van der Waals surface area contributed by atoms with Gasteiger partial charge >= 0.3 is 35.8 Å². The van der Waals surface area contributed by atoms with Crippen LogP contribution >= 0.6 is 0 Å². The summed E-state index contributed by atoms with van der Waals surface area (Å²) in [6.07, 6.45) is -8.49. The molecule has 0 aromatic carbocycles. The predicted octanol–water partition coefficient (Wildman–Crippen LogP) is 5.14. The summed E-state index contributed by atoms with van der Waals surface area (Å²) in [6, 6.07) is 0. The van der Waals surface area contributed by atoms with E-state index in [-0.39, 0.29) is 17.0 Å². The smallest absolute Gasteiger partial charge is 0.200 e. The fourth-order valence-corrected chi connectivity index (χ4v) is 2.01. The topological polar surface area (TPSA) is 43.6 Å². The lowest BCUT2D eigenvalue weighted by molar-refractivity contribution is -0.440. The van der Waals surface area contributed by atoms with Gasteiger partial charge in [-0.15, -0.1) is 10.2 Å². The van der Waals surface area contributed by atoms with Crippen LogP contribution in [0, 0.1) is 0 Å². The van der Waals surface area contributed by atoms with Gasteiger partial charge in [0, 0.05) is 12.8 Å². The molecule has 176 valence electrons. The Morgan fingerprint density at radius 1 is 0.733 bits per heavy atom. The monoisotopic (exact) mass is 472 g/mol. The van der Waals surface area contributed by atoms with Gasteiger partial charge in [0.2, 0.25) is 0 Å². The number of hydrogen-bond donors (Lipinski definition) is 0. The average molecular weight is 472 g/mol. The number of tetrazole rings is 1. The van der Waals surface area contributed by atoms with Crippen LogP contribution in [-0.4, -0.2) is 56.0 Å². The summed E-state index contributed by atoms with van der Waals surface area (Å²) in [7, 11) is 0. The molecule has 0 bridgehead atoms. The largest absolute Gasteiger partial charge is 0.460 e. The van der Waals surface area contributed by atoms with E-state index in [9.17, 15) is 57.1 Å². The minimum Gasteiger partial charge on any atom is -0.200 e. The number of nitrogens with zero attached hydrogens (tertiary/aromatic N) is 4. The number of hydrogen-bond acceptors (Lipinski definition) is 3. The van der Waals surface area contributed by atoms with Crippen molar-refractivity contribution in [2.45, 2.75) is 74.9 Å².